The Morgan fingerprint density at radius 3 is 2.60 bits per heavy atom. The third-order valence-corrected chi connectivity index (χ3v) is 1.91. The molecule has 0 amide bonds. The highest BCUT2D eigenvalue weighted by Crippen LogP contribution is 2.05. The third kappa shape index (κ3) is 2.04. The summed E-state index contributed by atoms with van der Waals surface area (Å²) in [5.74, 6) is -0.00306. The van der Waals surface area contributed by atoms with Gasteiger partial charge in [-0.15, -0.1) is 0 Å². The number of hydrogen-bond acceptors (Lipinski definition) is 4. The van der Waals surface area contributed by atoms with E-state index in [1.165, 1.54) is 6.20 Å². The Labute approximate surface area is 87.0 Å². The van der Waals surface area contributed by atoms with Crippen LogP contribution in [0.3, 0.4) is 0 Å². The molecule has 0 saturated carbocycles. The third-order valence-electron chi connectivity index (χ3n) is 1.91. The predicted octanol–water partition coefficient (Wildman–Crippen LogP) is 1.41. The van der Waals surface area contributed by atoms with Gasteiger partial charge in [-0.1, -0.05) is 0 Å². The van der Waals surface area contributed by atoms with Crippen LogP contribution in [0.2, 0.25) is 0 Å². The molecule has 0 spiro atoms. The fourth-order valence-corrected chi connectivity index (χ4v) is 1.22. The number of nitrogens with zero attached hydrogens (tertiary/aromatic N) is 3. The van der Waals surface area contributed by atoms with Gasteiger partial charge in [-0.25, -0.2) is 9.97 Å². The Balaban J connectivity index is 2.37. The van der Waals surface area contributed by atoms with Crippen molar-refractivity contribution < 1.29 is 4.79 Å². The molecule has 2 heterocycles. The van der Waals surface area contributed by atoms with Crippen molar-refractivity contribution in [1.29, 1.82) is 0 Å². The van der Waals surface area contributed by atoms with Gasteiger partial charge < -0.3 is 0 Å². The lowest BCUT2D eigenvalue weighted by Crippen LogP contribution is -2.06. The van der Waals surface area contributed by atoms with E-state index in [1.807, 2.05) is 6.92 Å². The maximum atomic E-state index is 11.8. The Morgan fingerprint density at radius 2 is 1.93 bits per heavy atom. The van der Waals surface area contributed by atoms with Crippen LogP contribution >= 0.6 is 0 Å². The number of rotatable bonds is 2. The van der Waals surface area contributed by atoms with Gasteiger partial charge in [-0.2, -0.15) is 0 Å². The Kier molecular flexibility index (Phi) is 2.49. The quantitative estimate of drug-likeness (QED) is 0.686. The van der Waals surface area contributed by atoms with Crippen LogP contribution in [0.15, 0.2) is 36.9 Å². The summed E-state index contributed by atoms with van der Waals surface area (Å²) in [5, 5.41) is 0. The van der Waals surface area contributed by atoms with Crippen molar-refractivity contribution in [3.8, 4) is 0 Å². The molecule has 0 unspecified atom stereocenters. The minimum atomic E-state index is -0.202. The summed E-state index contributed by atoms with van der Waals surface area (Å²) >= 11 is 0. The van der Waals surface area contributed by atoms with Gasteiger partial charge in [-0.05, 0) is 24.6 Å². The van der Waals surface area contributed by atoms with E-state index in [4.69, 9.17) is 0 Å². The molecule has 0 N–H and O–H groups in total. The highest BCUT2D eigenvalue weighted by molar-refractivity contribution is 6.06. The number of hydrogen-bond donors (Lipinski definition) is 0. The molecular formula is C11H9N3O. The molecule has 0 aromatic carbocycles. The first-order valence-corrected chi connectivity index (χ1v) is 4.51. The van der Waals surface area contributed by atoms with Gasteiger partial charge in [0, 0.05) is 30.4 Å². The second-order valence-corrected chi connectivity index (χ2v) is 3.15. The van der Waals surface area contributed by atoms with Crippen LogP contribution in [0.5, 0.6) is 0 Å². The molecule has 2 rings (SSSR count). The van der Waals surface area contributed by atoms with E-state index >= 15 is 0 Å². The predicted molar refractivity (Wildman–Crippen MR) is 54.4 cm³/mol. The highest BCUT2D eigenvalue weighted by Gasteiger charge is 2.11. The van der Waals surface area contributed by atoms with Gasteiger partial charge in [0.2, 0.25) is 11.6 Å². The van der Waals surface area contributed by atoms with E-state index in [1.54, 1.807) is 30.7 Å². The summed E-state index contributed by atoms with van der Waals surface area (Å²) in [6, 6.07) is 3.44. The fourth-order valence-electron chi connectivity index (χ4n) is 1.22. The zero-order valence-electron chi connectivity index (χ0n) is 8.21. The summed E-state index contributed by atoms with van der Waals surface area (Å²) in [6.07, 6.45) is 6.31. The molecule has 2 aromatic heterocycles. The van der Waals surface area contributed by atoms with Crippen molar-refractivity contribution in [3.63, 3.8) is 0 Å². The van der Waals surface area contributed by atoms with E-state index in [-0.39, 0.29) is 11.6 Å². The molecule has 2 aromatic rings. The lowest BCUT2D eigenvalue weighted by Gasteiger charge is -1.99. The Hall–Kier alpha value is -2.10. The lowest BCUT2D eigenvalue weighted by molar-refractivity contribution is 0.102. The molecule has 74 valence electrons. The number of pyridine rings is 1. The SMILES string of the molecule is Cc1cncc(C(=O)c2ncccn2)c1. The lowest BCUT2D eigenvalue weighted by atomic mass is 10.1. The summed E-state index contributed by atoms with van der Waals surface area (Å²) in [6.45, 7) is 1.88. The average molecular weight is 199 g/mol. The molecule has 0 aliphatic heterocycles. The van der Waals surface area contributed by atoms with Crippen LogP contribution < -0.4 is 0 Å². The highest BCUT2D eigenvalue weighted by atomic mass is 16.1. The minimum absolute atomic E-state index is 0.199. The van der Waals surface area contributed by atoms with E-state index in [0.717, 1.165) is 5.56 Å². The second-order valence-electron chi connectivity index (χ2n) is 3.15. The van der Waals surface area contributed by atoms with Gasteiger partial charge >= 0.3 is 0 Å². The van der Waals surface area contributed by atoms with Gasteiger partial charge in [-0.3, -0.25) is 9.78 Å². The topological polar surface area (TPSA) is 55.7 Å². The first-order chi connectivity index (χ1) is 7.27. The second kappa shape index (κ2) is 3.96. The Morgan fingerprint density at radius 1 is 1.20 bits per heavy atom. The van der Waals surface area contributed by atoms with E-state index in [0.29, 0.717) is 5.56 Å². The molecule has 0 atom stereocenters. The smallest absolute Gasteiger partial charge is 0.231 e. The summed E-state index contributed by atoms with van der Waals surface area (Å²) in [4.78, 5) is 23.6. The van der Waals surface area contributed by atoms with Crippen molar-refractivity contribution in [3.05, 3.63) is 53.9 Å². The number of ketones is 1. The monoisotopic (exact) mass is 199 g/mol. The average Bonchev–Trinajstić information content (AvgIpc) is 2.29. The molecule has 0 aliphatic carbocycles. The van der Waals surface area contributed by atoms with Crippen LogP contribution in [0.25, 0.3) is 0 Å². The van der Waals surface area contributed by atoms with Gasteiger partial charge in [0.1, 0.15) is 0 Å². The number of aromatic nitrogens is 3. The van der Waals surface area contributed by atoms with Crippen LogP contribution in [0.4, 0.5) is 0 Å². The zero-order valence-corrected chi connectivity index (χ0v) is 8.21. The van der Waals surface area contributed by atoms with E-state index in [2.05, 4.69) is 15.0 Å². The van der Waals surface area contributed by atoms with Gasteiger partial charge in [0.15, 0.2) is 0 Å². The summed E-state index contributed by atoms with van der Waals surface area (Å²) in [7, 11) is 0. The van der Waals surface area contributed by atoms with Crippen LogP contribution in [-0.4, -0.2) is 20.7 Å². The van der Waals surface area contributed by atoms with Crippen molar-refractivity contribution in [2.75, 3.05) is 0 Å². The maximum Gasteiger partial charge on any atom is 0.231 e. The van der Waals surface area contributed by atoms with E-state index in [9.17, 15) is 4.79 Å². The first-order valence-electron chi connectivity index (χ1n) is 4.51. The van der Waals surface area contributed by atoms with Gasteiger partial charge in [0.05, 0.1) is 0 Å². The van der Waals surface area contributed by atoms with Crippen molar-refractivity contribution in [1.82, 2.24) is 15.0 Å². The molecular weight excluding hydrogens is 190 g/mol. The van der Waals surface area contributed by atoms with E-state index < -0.39 is 0 Å². The molecule has 4 nitrogen and oxygen atoms in total. The largest absolute Gasteiger partial charge is 0.285 e. The number of aryl methyl sites for hydroxylation is 1. The Bertz CT molecular complexity index is 482. The summed E-state index contributed by atoms with van der Waals surface area (Å²) < 4.78 is 0. The van der Waals surface area contributed by atoms with Crippen LogP contribution in [0, 0.1) is 6.92 Å². The van der Waals surface area contributed by atoms with Crippen molar-refractivity contribution in [2.24, 2.45) is 0 Å². The van der Waals surface area contributed by atoms with Gasteiger partial charge in [0.25, 0.3) is 0 Å². The molecule has 0 fully saturated rings. The molecule has 15 heavy (non-hydrogen) atoms. The molecule has 4 heteroatoms. The molecule has 0 bridgehead atoms. The molecule has 0 saturated heterocycles. The van der Waals surface area contributed by atoms with Crippen molar-refractivity contribution in [2.45, 2.75) is 6.92 Å². The standard InChI is InChI=1S/C11H9N3O/c1-8-5-9(7-12-6-8)10(15)11-13-3-2-4-14-11/h2-7H,1H3. The van der Waals surface area contributed by atoms with Crippen LogP contribution in [-0.2, 0) is 0 Å². The summed E-state index contributed by atoms with van der Waals surface area (Å²) in [5.41, 5.74) is 1.46. The van der Waals surface area contributed by atoms with Crippen LogP contribution in [0.1, 0.15) is 21.7 Å². The molecule has 0 radical (unpaired) electrons. The number of carbonyl (C=O) groups is 1. The maximum absolute atomic E-state index is 11.8. The number of carbonyl (C=O) groups excluding carboxylic acids is 1. The van der Waals surface area contributed by atoms with Crippen molar-refractivity contribution >= 4 is 5.78 Å². The first kappa shape index (κ1) is 9.45. The minimum Gasteiger partial charge on any atom is -0.285 e. The normalized spacial score (nSPS) is 9.93. The zero-order chi connectivity index (χ0) is 10.7. The molecule has 0 aliphatic rings. The fraction of sp³-hybridized carbons (Fsp3) is 0.0909.